The summed E-state index contributed by atoms with van der Waals surface area (Å²) >= 11 is 6.27. The number of hydrogen-bond acceptors (Lipinski definition) is 4. The standard InChI is InChI=1S/C20H15ClF2N4/c21-14-9-15(22)16(23)10-19(14)27-11-13-2-1-7-26(13)20(27)12-3-4-17-18(8-12)25-6-5-24-17/h3-6,8-11,20H,1-2,7H2. The molecule has 0 N–H and O–H groups in total. The Morgan fingerprint density at radius 2 is 1.78 bits per heavy atom. The molecule has 1 fully saturated rings. The minimum Gasteiger partial charge on any atom is -0.349 e. The predicted molar refractivity (Wildman–Crippen MR) is 100 cm³/mol. The highest BCUT2D eigenvalue weighted by Crippen LogP contribution is 2.45. The van der Waals surface area contributed by atoms with Gasteiger partial charge >= 0.3 is 0 Å². The summed E-state index contributed by atoms with van der Waals surface area (Å²) in [6.07, 6.45) is 7.12. The fraction of sp³-hybridized carbons (Fsp3) is 0.200. The zero-order valence-electron chi connectivity index (χ0n) is 14.2. The second-order valence-corrected chi connectivity index (χ2v) is 7.13. The first kappa shape index (κ1) is 16.4. The van der Waals surface area contributed by atoms with Crippen LogP contribution in [0.3, 0.4) is 0 Å². The second-order valence-electron chi connectivity index (χ2n) is 6.72. The summed E-state index contributed by atoms with van der Waals surface area (Å²) in [7, 11) is 0. The molecule has 7 heteroatoms. The first-order chi connectivity index (χ1) is 13.1. The van der Waals surface area contributed by atoms with E-state index < -0.39 is 11.6 Å². The number of nitrogens with zero attached hydrogens (tertiary/aromatic N) is 4. The van der Waals surface area contributed by atoms with Crippen molar-refractivity contribution in [1.29, 1.82) is 0 Å². The molecule has 1 saturated heterocycles. The Hall–Kier alpha value is -2.73. The molecule has 2 aliphatic heterocycles. The molecule has 2 aliphatic rings. The minimum absolute atomic E-state index is 0.178. The van der Waals surface area contributed by atoms with Crippen molar-refractivity contribution in [2.75, 3.05) is 11.4 Å². The lowest BCUT2D eigenvalue weighted by atomic mass is 10.1. The van der Waals surface area contributed by atoms with Crippen LogP contribution in [0.5, 0.6) is 0 Å². The SMILES string of the molecule is Fc1cc(Cl)c(N2C=C3CCCN3C2c2ccc3nccnc3c2)cc1F. The van der Waals surface area contributed by atoms with E-state index in [1.807, 2.05) is 29.3 Å². The largest absolute Gasteiger partial charge is 0.349 e. The molecule has 1 aromatic heterocycles. The third-order valence-electron chi connectivity index (χ3n) is 5.11. The molecule has 0 bridgehead atoms. The highest BCUT2D eigenvalue weighted by molar-refractivity contribution is 6.33. The lowest BCUT2D eigenvalue weighted by Crippen LogP contribution is -2.31. The van der Waals surface area contributed by atoms with Crippen molar-refractivity contribution in [2.45, 2.75) is 19.0 Å². The van der Waals surface area contributed by atoms with Crippen molar-refractivity contribution in [3.63, 3.8) is 0 Å². The smallest absolute Gasteiger partial charge is 0.161 e. The summed E-state index contributed by atoms with van der Waals surface area (Å²) in [5, 5.41) is 0.178. The van der Waals surface area contributed by atoms with E-state index in [1.54, 1.807) is 12.4 Å². The van der Waals surface area contributed by atoms with Gasteiger partial charge < -0.3 is 9.80 Å². The first-order valence-corrected chi connectivity index (χ1v) is 9.10. The van der Waals surface area contributed by atoms with Crippen molar-refractivity contribution < 1.29 is 8.78 Å². The minimum atomic E-state index is -0.950. The molecule has 27 heavy (non-hydrogen) atoms. The van der Waals surface area contributed by atoms with Crippen LogP contribution in [0.2, 0.25) is 5.02 Å². The number of anilines is 1. The quantitative estimate of drug-likeness (QED) is 0.581. The van der Waals surface area contributed by atoms with Gasteiger partial charge in [-0.25, -0.2) is 8.78 Å². The molecule has 1 unspecified atom stereocenters. The number of allylic oxidation sites excluding steroid dienone is 1. The topological polar surface area (TPSA) is 32.3 Å². The highest BCUT2D eigenvalue weighted by atomic mass is 35.5. The van der Waals surface area contributed by atoms with Gasteiger partial charge in [-0.1, -0.05) is 17.7 Å². The monoisotopic (exact) mass is 384 g/mol. The molecule has 3 heterocycles. The molecule has 136 valence electrons. The number of hydrogen-bond donors (Lipinski definition) is 0. The third-order valence-corrected chi connectivity index (χ3v) is 5.41. The van der Waals surface area contributed by atoms with E-state index in [4.69, 9.17) is 11.6 Å². The van der Waals surface area contributed by atoms with Crippen molar-refractivity contribution >= 4 is 28.3 Å². The van der Waals surface area contributed by atoms with Crippen LogP contribution in [-0.4, -0.2) is 21.4 Å². The molecule has 0 amide bonds. The fourth-order valence-corrected chi connectivity index (χ4v) is 4.16. The van der Waals surface area contributed by atoms with Gasteiger partial charge in [-0.2, -0.15) is 0 Å². The fourth-order valence-electron chi connectivity index (χ4n) is 3.91. The molecule has 0 saturated carbocycles. The molecule has 4 nitrogen and oxygen atoms in total. The Kier molecular flexibility index (Phi) is 3.75. The Morgan fingerprint density at radius 1 is 1.00 bits per heavy atom. The van der Waals surface area contributed by atoms with Gasteiger partial charge in [0.05, 0.1) is 21.7 Å². The van der Waals surface area contributed by atoms with Gasteiger partial charge in [-0.3, -0.25) is 9.97 Å². The number of aromatic nitrogens is 2. The molecule has 1 atom stereocenters. The molecule has 0 radical (unpaired) electrons. The van der Waals surface area contributed by atoms with Gasteiger partial charge in [-0.05, 0) is 36.6 Å². The van der Waals surface area contributed by atoms with Crippen molar-refractivity contribution in [2.24, 2.45) is 0 Å². The summed E-state index contributed by atoms with van der Waals surface area (Å²) in [5.74, 6) is -1.86. The first-order valence-electron chi connectivity index (χ1n) is 8.73. The van der Waals surface area contributed by atoms with Crippen molar-refractivity contribution in [3.05, 3.63) is 76.8 Å². The number of fused-ring (bicyclic) bond motifs is 2. The van der Waals surface area contributed by atoms with Gasteiger partial charge in [0.25, 0.3) is 0 Å². The van der Waals surface area contributed by atoms with E-state index >= 15 is 0 Å². The lowest BCUT2D eigenvalue weighted by molar-refractivity contribution is 0.319. The zero-order valence-corrected chi connectivity index (χ0v) is 15.0. The Bertz CT molecular complexity index is 1080. The second kappa shape index (κ2) is 6.16. The third kappa shape index (κ3) is 2.63. The molecule has 2 aromatic carbocycles. The molecular formula is C20H15ClF2N4. The average molecular weight is 385 g/mol. The molecule has 5 rings (SSSR count). The van der Waals surface area contributed by atoms with Crippen LogP contribution >= 0.6 is 11.6 Å². The Labute approximate surface area is 159 Å². The number of rotatable bonds is 2. The Balaban J connectivity index is 1.65. The van der Waals surface area contributed by atoms with E-state index in [1.165, 1.54) is 5.70 Å². The van der Waals surface area contributed by atoms with Gasteiger partial charge in [0, 0.05) is 36.9 Å². The van der Waals surface area contributed by atoms with E-state index in [0.29, 0.717) is 5.69 Å². The van der Waals surface area contributed by atoms with Crippen LogP contribution in [0.4, 0.5) is 14.5 Å². The number of benzene rings is 2. The van der Waals surface area contributed by atoms with Gasteiger partial charge in [0.15, 0.2) is 11.6 Å². The van der Waals surface area contributed by atoms with Crippen molar-refractivity contribution in [1.82, 2.24) is 14.9 Å². The highest BCUT2D eigenvalue weighted by Gasteiger charge is 2.37. The molecule has 0 aliphatic carbocycles. The summed E-state index contributed by atoms with van der Waals surface area (Å²) < 4.78 is 27.5. The molecular weight excluding hydrogens is 370 g/mol. The average Bonchev–Trinajstić information content (AvgIpc) is 3.25. The van der Waals surface area contributed by atoms with Crippen LogP contribution in [0.1, 0.15) is 24.6 Å². The summed E-state index contributed by atoms with van der Waals surface area (Å²) in [4.78, 5) is 12.9. The van der Waals surface area contributed by atoms with Crippen LogP contribution in [0.15, 0.2) is 54.6 Å². The number of halogens is 3. The van der Waals surface area contributed by atoms with Crippen LogP contribution in [0, 0.1) is 11.6 Å². The van der Waals surface area contributed by atoms with E-state index in [2.05, 4.69) is 14.9 Å². The van der Waals surface area contributed by atoms with E-state index in [9.17, 15) is 8.78 Å². The summed E-state index contributed by atoms with van der Waals surface area (Å²) in [5.41, 5.74) is 4.21. The molecule has 3 aromatic rings. The van der Waals surface area contributed by atoms with Crippen LogP contribution in [-0.2, 0) is 0 Å². The summed E-state index contributed by atoms with van der Waals surface area (Å²) in [6.45, 7) is 0.896. The molecule has 0 spiro atoms. The van der Waals surface area contributed by atoms with E-state index in [-0.39, 0.29) is 11.2 Å². The lowest BCUT2D eigenvalue weighted by Gasteiger charge is -2.33. The van der Waals surface area contributed by atoms with Crippen LogP contribution < -0.4 is 4.90 Å². The van der Waals surface area contributed by atoms with Gasteiger partial charge in [0.2, 0.25) is 0 Å². The maximum Gasteiger partial charge on any atom is 0.161 e. The zero-order chi connectivity index (χ0) is 18.5. The van der Waals surface area contributed by atoms with Crippen LogP contribution in [0.25, 0.3) is 11.0 Å². The normalized spacial score (nSPS) is 18.9. The predicted octanol–water partition coefficient (Wildman–Crippen LogP) is 5.02. The maximum absolute atomic E-state index is 13.9. The van der Waals surface area contributed by atoms with Crippen molar-refractivity contribution in [3.8, 4) is 0 Å². The summed E-state index contributed by atoms with van der Waals surface area (Å²) in [6, 6.07) is 8.10. The van der Waals surface area contributed by atoms with E-state index in [0.717, 1.165) is 48.1 Å². The van der Waals surface area contributed by atoms with Gasteiger partial charge in [0.1, 0.15) is 6.17 Å². The maximum atomic E-state index is 13.9. The Morgan fingerprint density at radius 3 is 2.63 bits per heavy atom. The van der Waals surface area contributed by atoms with Gasteiger partial charge in [-0.15, -0.1) is 0 Å².